The normalized spacial score (nSPS) is 13.9. The van der Waals surface area contributed by atoms with Crippen LogP contribution in [-0.2, 0) is 0 Å². The minimum absolute atomic E-state index is 0.912. The largest absolute Gasteiger partial charge is 0.456 e. The number of fused-ring (bicyclic) bond motifs is 6. The fourth-order valence-electron chi connectivity index (χ4n) is 4.26. The fraction of sp³-hybridized carbons (Fsp3) is 0. The molecule has 0 unspecified atom stereocenters. The highest BCUT2D eigenvalue weighted by molar-refractivity contribution is 6.03. The zero-order chi connectivity index (χ0) is 17.8. The maximum Gasteiger partial charge on any atom is 0.135 e. The fourth-order valence-corrected chi connectivity index (χ4v) is 4.26. The van der Waals surface area contributed by atoms with E-state index >= 15 is 0 Å². The van der Waals surface area contributed by atoms with Crippen molar-refractivity contribution < 1.29 is 4.74 Å². The van der Waals surface area contributed by atoms with Crippen molar-refractivity contribution in [3.63, 3.8) is 0 Å². The number of hydrogen-bond acceptors (Lipinski definition) is 1. The molecule has 2 aliphatic rings. The highest BCUT2D eigenvalue weighted by atomic mass is 16.5. The van der Waals surface area contributed by atoms with Crippen LogP contribution in [0.1, 0.15) is 16.7 Å². The molecule has 1 aliphatic carbocycles. The van der Waals surface area contributed by atoms with Gasteiger partial charge in [0.2, 0.25) is 0 Å². The van der Waals surface area contributed by atoms with Gasteiger partial charge in [0.05, 0.1) is 0 Å². The predicted molar refractivity (Wildman–Crippen MR) is 112 cm³/mol. The van der Waals surface area contributed by atoms with Crippen molar-refractivity contribution in [3.05, 3.63) is 113 Å². The van der Waals surface area contributed by atoms with Crippen LogP contribution in [0, 0.1) is 0 Å². The summed E-state index contributed by atoms with van der Waals surface area (Å²) in [4.78, 5) is 0. The third kappa shape index (κ3) is 2.06. The van der Waals surface area contributed by atoms with Crippen molar-refractivity contribution >= 4 is 22.4 Å². The molecule has 0 fully saturated rings. The quantitative estimate of drug-likeness (QED) is 0.304. The third-order valence-electron chi connectivity index (χ3n) is 5.48. The summed E-state index contributed by atoms with van der Waals surface area (Å²) in [5, 5.41) is 2.46. The van der Waals surface area contributed by atoms with Crippen LogP contribution in [0.3, 0.4) is 0 Å². The highest BCUT2D eigenvalue weighted by Crippen LogP contribution is 2.47. The van der Waals surface area contributed by atoms with Gasteiger partial charge in [-0.2, -0.15) is 0 Å². The molecule has 0 saturated heterocycles. The molecule has 1 aliphatic heterocycles. The summed E-state index contributed by atoms with van der Waals surface area (Å²) in [5.74, 6) is 1.83. The second-order valence-electron chi connectivity index (χ2n) is 6.96. The summed E-state index contributed by atoms with van der Waals surface area (Å²) < 4.78 is 6.43. The van der Waals surface area contributed by atoms with E-state index in [1.807, 2.05) is 0 Å². The van der Waals surface area contributed by atoms with Crippen molar-refractivity contribution in [2.24, 2.45) is 0 Å². The third-order valence-corrected chi connectivity index (χ3v) is 5.48. The summed E-state index contributed by atoms with van der Waals surface area (Å²) in [6.07, 6.45) is 4.30. The van der Waals surface area contributed by atoms with Gasteiger partial charge in [-0.3, -0.25) is 0 Å². The van der Waals surface area contributed by atoms with E-state index in [1.165, 1.54) is 38.6 Å². The Morgan fingerprint density at radius 1 is 0.519 bits per heavy atom. The number of hydrogen-bond donors (Lipinski definition) is 0. The van der Waals surface area contributed by atoms with Gasteiger partial charge in [0.25, 0.3) is 0 Å². The Labute approximate surface area is 157 Å². The first-order valence-corrected chi connectivity index (χ1v) is 9.21. The maximum atomic E-state index is 6.43. The molecule has 1 heterocycles. The number of benzene rings is 4. The minimum Gasteiger partial charge on any atom is -0.456 e. The van der Waals surface area contributed by atoms with E-state index < -0.39 is 0 Å². The van der Waals surface area contributed by atoms with E-state index in [1.54, 1.807) is 0 Å². The lowest BCUT2D eigenvalue weighted by Gasteiger charge is -2.19. The van der Waals surface area contributed by atoms with Gasteiger partial charge in [-0.15, -0.1) is 0 Å². The summed E-state index contributed by atoms with van der Waals surface area (Å²) >= 11 is 0. The smallest absolute Gasteiger partial charge is 0.135 e. The van der Waals surface area contributed by atoms with E-state index in [2.05, 4.69) is 97.1 Å². The zero-order valence-electron chi connectivity index (χ0n) is 14.6. The van der Waals surface area contributed by atoms with E-state index in [9.17, 15) is 0 Å². The lowest BCUT2D eigenvalue weighted by Crippen LogP contribution is -2.03. The van der Waals surface area contributed by atoms with Crippen LogP contribution >= 0.6 is 0 Å². The molecule has 0 spiro atoms. The van der Waals surface area contributed by atoms with Crippen molar-refractivity contribution in [3.8, 4) is 16.9 Å². The van der Waals surface area contributed by atoms with Crippen LogP contribution < -0.4 is 4.74 Å². The molecule has 0 amide bonds. The average molecular weight is 344 g/mol. The molecule has 0 bridgehead atoms. The summed E-state index contributed by atoms with van der Waals surface area (Å²) in [6, 6.07) is 29.8. The second kappa shape index (κ2) is 5.46. The van der Waals surface area contributed by atoms with Crippen molar-refractivity contribution in [2.45, 2.75) is 0 Å². The Bertz CT molecular complexity index is 1240. The lowest BCUT2D eigenvalue weighted by atomic mass is 9.98. The summed E-state index contributed by atoms with van der Waals surface area (Å²) in [6.45, 7) is 0. The Balaban J connectivity index is 1.60. The van der Waals surface area contributed by atoms with Gasteiger partial charge < -0.3 is 4.74 Å². The maximum absolute atomic E-state index is 6.43. The average Bonchev–Trinajstić information content (AvgIpc) is 3.08. The summed E-state index contributed by atoms with van der Waals surface area (Å²) in [7, 11) is 0. The minimum atomic E-state index is 0.912. The molecule has 0 radical (unpaired) electrons. The number of rotatable bonds is 0. The van der Waals surface area contributed by atoms with E-state index in [-0.39, 0.29) is 0 Å². The SMILES string of the molecule is C1=Cc2c(ccc3ccccc23)OC1=C1c2ccccc2-c2ccccc21. The number of allylic oxidation sites excluding steroid dienone is 1. The zero-order valence-corrected chi connectivity index (χ0v) is 14.6. The molecule has 6 rings (SSSR count). The van der Waals surface area contributed by atoms with Crippen molar-refractivity contribution in [2.75, 3.05) is 0 Å². The van der Waals surface area contributed by atoms with E-state index in [4.69, 9.17) is 4.74 Å². The Morgan fingerprint density at radius 2 is 1.15 bits per heavy atom. The first kappa shape index (κ1) is 14.6. The lowest BCUT2D eigenvalue weighted by molar-refractivity contribution is 0.443. The van der Waals surface area contributed by atoms with Crippen LogP contribution in [0.4, 0.5) is 0 Å². The van der Waals surface area contributed by atoms with Crippen LogP contribution in [0.25, 0.3) is 33.5 Å². The van der Waals surface area contributed by atoms with Gasteiger partial charge in [-0.1, -0.05) is 78.9 Å². The van der Waals surface area contributed by atoms with Crippen LogP contribution in [0.15, 0.2) is 96.8 Å². The van der Waals surface area contributed by atoms with Crippen LogP contribution in [0.2, 0.25) is 0 Å². The van der Waals surface area contributed by atoms with Gasteiger partial charge in [0.15, 0.2) is 0 Å². The van der Waals surface area contributed by atoms with Gasteiger partial charge in [0.1, 0.15) is 11.5 Å². The Morgan fingerprint density at radius 3 is 1.89 bits per heavy atom. The predicted octanol–water partition coefficient (Wildman–Crippen LogP) is 6.69. The molecule has 0 atom stereocenters. The molecule has 1 heteroatoms. The highest BCUT2D eigenvalue weighted by Gasteiger charge is 2.27. The molecule has 27 heavy (non-hydrogen) atoms. The van der Waals surface area contributed by atoms with Gasteiger partial charge in [-0.05, 0) is 51.2 Å². The first-order chi connectivity index (χ1) is 13.4. The summed E-state index contributed by atoms with van der Waals surface area (Å²) in [5.41, 5.74) is 7.35. The van der Waals surface area contributed by atoms with Crippen LogP contribution in [0.5, 0.6) is 5.75 Å². The topological polar surface area (TPSA) is 9.23 Å². The molecule has 0 saturated carbocycles. The second-order valence-corrected chi connectivity index (χ2v) is 6.96. The first-order valence-electron chi connectivity index (χ1n) is 9.21. The molecule has 0 N–H and O–H groups in total. The van der Waals surface area contributed by atoms with Crippen LogP contribution in [-0.4, -0.2) is 0 Å². The number of ether oxygens (including phenoxy) is 1. The van der Waals surface area contributed by atoms with E-state index in [0.29, 0.717) is 0 Å². The Kier molecular flexibility index (Phi) is 2.95. The standard InChI is InChI=1S/C26H16O/c1-2-8-18-17(7-1)13-15-24-21(18)14-16-25(27-24)26-22-11-5-3-9-19(22)20-10-4-6-12-23(20)26/h1-16H. The molecular weight excluding hydrogens is 328 g/mol. The van der Waals surface area contributed by atoms with Crippen molar-refractivity contribution in [1.29, 1.82) is 0 Å². The molecule has 4 aromatic carbocycles. The van der Waals surface area contributed by atoms with Crippen molar-refractivity contribution in [1.82, 2.24) is 0 Å². The molecule has 1 nitrogen and oxygen atoms in total. The van der Waals surface area contributed by atoms with Gasteiger partial charge in [-0.25, -0.2) is 0 Å². The van der Waals surface area contributed by atoms with Gasteiger partial charge >= 0.3 is 0 Å². The molecule has 126 valence electrons. The molecule has 4 aromatic rings. The molecule has 0 aromatic heterocycles. The molecular formula is C26H16O. The van der Waals surface area contributed by atoms with Gasteiger partial charge in [0, 0.05) is 11.1 Å². The Hall–Kier alpha value is -3.58. The monoisotopic (exact) mass is 344 g/mol. The van der Waals surface area contributed by atoms with E-state index in [0.717, 1.165) is 17.1 Å².